The van der Waals surface area contributed by atoms with Gasteiger partial charge in [0.05, 0.1) is 0 Å². The van der Waals surface area contributed by atoms with E-state index in [1.807, 2.05) is 7.11 Å². The van der Waals surface area contributed by atoms with Crippen LogP contribution in [0.25, 0.3) is 6.08 Å². The normalized spacial score (nSPS) is 12.9. The van der Waals surface area contributed by atoms with Gasteiger partial charge in [0.2, 0.25) is 0 Å². The number of hydrogen-bond donors (Lipinski definition) is 0. The van der Waals surface area contributed by atoms with Gasteiger partial charge < -0.3 is 4.74 Å². The Morgan fingerprint density at radius 2 is 1.84 bits per heavy atom. The summed E-state index contributed by atoms with van der Waals surface area (Å²) >= 11 is 0. The predicted octanol–water partition coefficient (Wildman–Crippen LogP) is 5.32. The highest BCUT2D eigenvalue weighted by molar-refractivity contribution is 5.48. The second-order valence-corrected chi connectivity index (χ2v) is 5.21. The van der Waals surface area contributed by atoms with Gasteiger partial charge in [-0.3, -0.25) is 0 Å². The van der Waals surface area contributed by atoms with Gasteiger partial charge in [-0.1, -0.05) is 62.2 Å². The van der Waals surface area contributed by atoms with E-state index in [1.54, 1.807) is 0 Å². The smallest absolute Gasteiger partial charge is 0.0490 e. The molecule has 0 N–H and O–H groups in total. The van der Waals surface area contributed by atoms with Crippen molar-refractivity contribution in [3.8, 4) is 0 Å². The Labute approximate surface area is 118 Å². The summed E-state index contributed by atoms with van der Waals surface area (Å²) in [5.74, 6) is 0.745. The zero-order valence-electron chi connectivity index (χ0n) is 12.5. The molecule has 106 valence electrons. The largest absolute Gasteiger partial charge is 0.384 e. The van der Waals surface area contributed by atoms with E-state index < -0.39 is 0 Å². The lowest BCUT2D eigenvalue weighted by Crippen LogP contribution is -2.08. The molecule has 1 aromatic rings. The second-order valence-electron chi connectivity index (χ2n) is 5.21. The van der Waals surface area contributed by atoms with Crippen LogP contribution in [-0.2, 0) is 4.74 Å². The molecule has 0 aliphatic carbocycles. The average Bonchev–Trinajstić information content (AvgIpc) is 2.45. The molecule has 1 nitrogen and oxygen atoms in total. The maximum absolute atomic E-state index is 5.31. The van der Waals surface area contributed by atoms with Gasteiger partial charge in [-0.2, -0.15) is 0 Å². The Morgan fingerprint density at radius 1 is 1.11 bits per heavy atom. The van der Waals surface area contributed by atoms with Crippen molar-refractivity contribution in [3.05, 3.63) is 42.0 Å². The van der Waals surface area contributed by atoms with Crippen molar-refractivity contribution >= 4 is 6.08 Å². The summed E-state index contributed by atoms with van der Waals surface area (Å²) in [6.07, 6.45) is 12.2. The van der Waals surface area contributed by atoms with Crippen LogP contribution in [0.15, 0.2) is 36.4 Å². The fraction of sp³-hybridized carbons (Fsp3) is 0.556. The van der Waals surface area contributed by atoms with Crippen LogP contribution in [-0.4, -0.2) is 13.7 Å². The standard InChI is InChI=1S/C18H28O/c1-3-4-11-18(16-19-2)15-10-6-9-14-17-12-7-5-8-13-17/h5,7-9,12-14,18H,3-4,6,10-11,15-16H2,1-2H3. The molecule has 0 heterocycles. The lowest BCUT2D eigenvalue weighted by atomic mass is 9.96. The van der Waals surface area contributed by atoms with Crippen molar-refractivity contribution in [1.29, 1.82) is 0 Å². The van der Waals surface area contributed by atoms with Gasteiger partial charge in [0.1, 0.15) is 0 Å². The third-order valence-corrected chi connectivity index (χ3v) is 3.46. The Balaban J connectivity index is 2.19. The minimum absolute atomic E-state index is 0.745. The molecule has 0 aliphatic heterocycles. The number of rotatable bonds is 10. The molecule has 0 aromatic heterocycles. The molecular formula is C18H28O. The molecule has 0 aliphatic rings. The van der Waals surface area contributed by atoms with Gasteiger partial charge in [-0.25, -0.2) is 0 Å². The SMILES string of the molecule is CCCCC(CCCC=Cc1ccccc1)COC. The van der Waals surface area contributed by atoms with Crippen LogP contribution in [0.3, 0.4) is 0 Å². The van der Waals surface area contributed by atoms with Crippen LogP contribution >= 0.6 is 0 Å². The van der Waals surface area contributed by atoms with Gasteiger partial charge in [0.15, 0.2) is 0 Å². The molecule has 0 saturated carbocycles. The number of unbranched alkanes of at least 4 members (excludes halogenated alkanes) is 2. The maximum atomic E-state index is 5.31. The fourth-order valence-electron chi connectivity index (χ4n) is 2.35. The van der Waals surface area contributed by atoms with E-state index in [9.17, 15) is 0 Å². The summed E-state index contributed by atoms with van der Waals surface area (Å²) in [7, 11) is 1.81. The summed E-state index contributed by atoms with van der Waals surface area (Å²) in [5.41, 5.74) is 1.29. The third kappa shape index (κ3) is 7.84. The first-order valence-corrected chi connectivity index (χ1v) is 7.57. The number of ether oxygens (including phenoxy) is 1. The van der Waals surface area contributed by atoms with E-state index >= 15 is 0 Å². The van der Waals surface area contributed by atoms with E-state index in [2.05, 4.69) is 49.4 Å². The van der Waals surface area contributed by atoms with Gasteiger partial charge in [-0.05, 0) is 37.2 Å². The minimum Gasteiger partial charge on any atom is -0.384 e. The highest BCUT2D eigenvalue weighted by Crippen LogP contribution is 2.17. The summed E-state index contributed by atoms with van der Waals surface area (Å²) in [6, 6.07) is 10.5. The Bertz CT molecular complexity index is 329. The molecule has 0 radical (unpaired) electrons. The minimum atomic E-state index is 0.745. The highest BCUT2D eigenvalue weighted by atomic mass is 16.5. The molecule has 0 amide bonds. The zero-order valence-corrected chi connectivity index (χ0v) is 12.5. The van der Waals surface area contributed by atoms with Gasteiger partial charge in [0.25, 0.3) is 0 Å². The molecule has 0 spiro atoms. The van der Waals surface area contributed by atoms with E-state index in [1.165, 1.54) is 44.1 Å². The van der Waals surface area contributed by atoms with Crippen LogP contribution in [0.4, 0.5) is 0 Å². The zero-order chi connectivity index (χ0) is 13.8. The molecule has 1 heteroatoms. The fourth-order valence-corrected chi connectivity index (χ4v) is 2.35. The van der Waals surface area contributed by atoms with Crippen LogP contribution in [0.5, 0.6) is 0 Å². The van der Waals surface area contributed by atoms with Crippen LogP contribution in [0.2, 0.25) is 0 Å². The second kappa shape index (κ2) is 10.8. The molecule has 1 unspecified atom stereocenters. The highest BCUT2D eigenvalue weighted by Gasteiger charge is 2.06. The number of benzene rings is 1. The van der Waals surface area contributed by atoms with Gasteiger partial charge >= 0.3 is 0 Å². The Morgan fingerprint density at radius 3 is 2.53 bits per heavy atom. The van der Waals surface area contributed by atoms with Crippen molar-refractivity contribution in [2.45, 2.75) is 45.4 Å². The van der Waals surface area contributed by atoms with Crippen LogP contribution in [0.1, 0.15) is 51.0 Å². The molecule has 19 heavy (non-hydrogen) atoms. The lowest BCUT2D eigenvalue weighted by Gasteiger charge is -2.14. The molecule has 1 atom stereocenters. The van der Waals surface area contributed by atoms with Crippen molar-refractivity contribution in [1.82, 2.24) is 0 Å². The summed E-state index contributed by atoms with van der Waals surface area (Å²) in [5, 5.41) is 0. The van der Waals surface area contributed by atoms with E-state index in [4.69, 9.17) is 4.74 Å². The van der Waals surface area contributed by atoms with Crippen molar-refractivity contribution < 1.29 is 4.74 Å². The molecular weight excluding hydrogens is 232 g/mol. The number of hydrogen-bond acceptors (Lipinski definition) is 1. The first-order chi connectivity index (χ1) is 9.36. The Hall–Kier alpha value is -1.08. The summed E-state index contributed by atoms with van der Waals surface area (Å²) in [6.45, 7) is 3.18. The van der Waals surface area contributed by atoms with E-state index in [-0.39, 0.29) is 0 Å². The van der Waals surface area contributed by atoms with Crippen LogP contribution in [0, 0.1) is 5.92 Å². The lowest BCUT2D eigenvalue weighted by molar-refractivity contribution is 0.141. The first-order valence-electron chi connectivity index (χ1n) is 7.57. The van der Waals surface area contributed by atoms with E-state index in [0.29, 0.717) is 0 Å². The average molecular weight is 260 g/mol. The van der Waals surface area contributed by atoms with Crippen molar-refractivity contribution in [2.24, 2.45) is 5.92 Å². The van der Waals surface area contributed by atoms with Gasteiger partial charge in [-0.15, -0.1) is 0 Å². The Kier molecular flexibility index (Phi) is 9.09. The molecule has 0 bridgehead atoms. The van der Waals surface area contributed by atoms with Crippen molar-refractivity contribution in [3.63, 3.8) is 0 Å². The molecule has 0 saturated heterocycles. The van der Waals surface area contributed by atoms with Crippen molar-refractivity contribution in [2.75, 3.05) is 13.7 Å². The first kappa shape index (κ1) is 16.0. The third-order valence-electron chi connectivity index (χ3n) is 3.46. The quantitative estimate of drug-likeness (QED) is 0.517. The summed E-state index contributed by atoms with van der Waals surface area (Å²) in [4.78, 5) is 0. The van der Waals surface area contributed by atoms with Gasteiger partial charge in [0, 0.05) is 13.7 Å². The maximum Gasteiger partial charge on any atom is 0.0490 e. The molecule has 1 aromatic carbocycles. The predicted molar refractivity (Wildman–Crippen MR) is 84.2 cm³/mol. The topological polar surface area (TPSA) is 9.23 Å². The number of allylic oxidation sites excluding steroid dienone is 1. The monoisotopic (exact) mass is 260 g/mol. The van der Waals surface area contributed by atoms with Crippen LogP contribution < -0.4 is 0 Å². The molecule has 0 fully saturated rings. The molecule has 1 rings (SSSR count). The van der Waals surface area contributed by atoms with E-state index in [0.717, 1.165) is 12.5 Å². The summed E-state index contributed by atoms with van der Waals surface area (Å²) < 4.78 is 5.31. The number of methoxy groups -OCH3 is 1.